The Morgan fingerprint density at radius 3 is 2.41 bits per heavy atom. The van der Waals surface area contributed by atoms with Crippen LogP contribution in [0, 0.1) is 3.57 Å². The minimum atomic E-state index is -0.992. The maximum absolute atomic E-state index is 12.5. The van der Waals surface area contributed by atoms with E-state index in [2.05, 4.69) is 16.2 Å². The van der Waals surface area contributed by atoms with Crippen LogP contribution in [0.25, 0.3) is 0 Å². The Morgan fingerprint density at radius 2 is 1.76 bits per heavy atom. The summed E-state index contributed by atoms with van der Waals surface area (Å²) in [5.74, 6) is -0.841. The van der Waals surface area contributed by atoms with Crippen LogP contribution in [0.4, 0.5) is 4.79 Å². The largest absolute Gasteiger partial charge is 0.507 e. The summed E-state index contributed by atoms with van der Waals surface area (Å²) in [6, 6.07) is 13.0. The third-order valence-electron chi connectivity index (χ3n) is 3.72. The Bertz CT molecular complexity index is 864. The molecule has 29 heavy (non-hydrogen) atoms. The van der Waals surface area contributed by atoms with Gasteiger partial charge in [0.1, 0.15) is 18.4 Å². The van der Waals surface area contributed by atoms with Crippen LogP contribution in [0.2, 0.25) is 0 Å². The van der Waals surface area contributed by atoms with Gasteiger partial charge in [0.25, 0.3) is 5.91 Å². The molecule has 0 aliphatic carbocycles. The first-order valence-electron chi connectivity index (χ1n) is 8.48. The van der Waals surface area contributed by atoms with Gasteiger partial charge in [-0.25, -0.2) is 4.79 Å². The minimum Gasteiger partial charge on any atom is -0.507 e. The predicted molar refractivity (Wildman–Crippen MR) is 123 cm³/mol. The standard InChI is InChI=1S/C19H19I2N3O5/c20-10-17(26)23-24-18(27)15(9-13-6-7-16(25)14(21)8-13)22-19(28)29-11-12-4-2-1-3-5-12/h1-8,15,25H,9-11H2,(H,22,28)(H,23,26)(H,24,27)/t15-/m0/s1. The average Bonchev–Trinajstić information content (AvgIpc) is 2.73. The first kappa shape index (κ1) is 23.2. The molecular formula is C19H19I2N3O5. The summed E-state index contributed by atoms with van der Waals surface area (Å²) in [6.45, 7) is 0.0592. The first-order chi connectivity index (χ1) is 13.9. The van der Waals surface area contributed by atoms with Crippen LogP contribution in [-0.4, -0.2) is 33.5 Å². The van der Waals surface area contributed by atoms with Gasteiger partial charge in [0.2, 0.25) is 5.91 Å². The normalized spacial score (nSPS) is 11.2. The number of hydrogen-bond acceptors (Lipinski definition) is 5. The smallest absolute Gasteiger partial charge is 0.408 e. The molecule has 0 fully saturated rings. The lowest BCUT2D eigenvalue weighted by Crippen LogP contribution is -2.53. The lowest BCUT2D eigenvalue weighted by atomic mass is 10.1. The van der Waals surface area contributed by atoms with Crippen LogP contribution in [0.3, 0.4) is 0 Å². The molecule has 1 atom stereocenters. The molecule has 0 saturated heterocycles. The Hall–Kier alpha value is -2.09. The molecule has 0 spiro atoms. The van der Waals surface area contributed by atoms with E-state index in [1.807, 2.05) is 75.5 Å². The maximum atomic E-state index is 12.5. The fraction of sp³-hybridized carbons (Fsp3) is 0.211. The SMILES string of the molecule is O=C(CI)NNC(=O)[C@H](Cc1ccc(O)c(I)c1)NC(=O)OCc1ccccc1. The average molecular weight is 623 g/mol. The van der Waals surface area contributed by atoms with E-state index in [0.29, 0.717) is 3.57 Å². The van der Waals surface area contributed by atoms with Crippen LogP contribution >= 0.6 is 45.2 Å². The van der Waals surface area contributed by atoms with Gasteiger partial charge in [0, 0.05) is 6.42 Å². The van der Waals surface area contributed by atoms with Gasteiger partial charge in [0.15, 0.2) is 0 Å². The van der Waals surface area contributed by atoms with Gasteiger partial charge in [-0.3, -0.25) is 20.4 Å². The Kier molecular flexibility index (Phi) is 9.44. The van der Waals surface area contributed by atoms with Crippen molar-refractivity contribution in [1.29, 1.82) is 0 Å². The van der Waals surface area contributed by atoms with E-state index >= 15 is 0 Å². The van der Waals surface area contributed by atoms with Crippen LogP contribution in [0.5, 0.6) is 5.75 Å². The molecule has 0 bridgehead atoms. The molecule has 0 radical (unpaired) electrons. The molecule has 0 unspecified atom stereocenters. The number of hydrogen-bond donors (Lipinski definition) is 4. The summed E-state index contributed by atoms with van der Waals surface area (Å²) in [5.41, 5.74) is 6.09. The Balaban J connectivity index is 2.03. The quantitative estimate of drug-likeness (QED) is 0.215. The fourth-order valence-corrected chi connectivity index (χ4v) is 3.05. The zero-order valence-electron chi connectivity index (χ0n) is 15.2. The van der Waals surface area contributed by atoms with Gasteiger partial charge >= 0.3 is 6.09 Å². The van der Waals surface area contributed by atoms with Crippen molar-refractivity contribution in [3.8, 4) is 5.75 Å². The van der Waals surface area contributed by atoms with E-state index in [1.165, 1.54) is 6.07 Å². The third-order valence-corrected chi connectivity index (χ3v) is 5.28. The Labute approximate surface area is 195 Å². The zero-order chi connectivity index (χ0) is 21.2. The number of ether oxygens (including phenoxy) is 1. The van der Waals surface area contributed by atoms with Gasteiger partial charge in [-0.15, -0.1) is 0 Å². The summed E-state index contributed by atoms with van der Waals surface area (Å²) >= 11 is 3.83. The van der Waals surface area contributed by atoms with Gasteiger partial charge in [-0.1, -0.05) is 59.0 Å². The second kappa shape index (κ2) is 11.8. The highest BCUT2D eigenvalue weighted by atomic mass is 127. The Morgan fingerprint density at radius 1 is 1.03 bits per heavy atom. The number of carbonyl (C=O) groups excluding carboxylic acids is 3. The van der Waals surface area contributed by atoms with Gasteiger partial charge in [-0.05, 0) is 45.9 Å². The van der Waals surface area contributed by atoms with E-state index in [-0.39, 0.29) is 29.1 Å². The number of carbonyl (C=O) groups is 3. The topological polar surface area (TPSA) is 117 Å². The summed E-state index contributed by atoms with van der Waals surface area (Å²) in [4.78, 5) is 36.1. The van der Waals surface area contributed by atoms with Crippen LogP contribution < -0.4 is 16.2 Å². The summed E-state index contributed by atoms with van der Waals surface area (Å²) in [5, 5.41) is 12.2. The van der Waals surface area contributed by atoms with E-state index in [1.54, 1.807) is 12.1 Å². The summed E-state index contributed by atoms with van der Waals surface area (Å²) in [6.07, 6.45) is -0.620. The molecule has 0 aliphatic heterocycles. The van der Waals surface area contributed by atoms with Crippen molar-refractivity contribution in [2.75, 3.05) is 4.43 Å². The molecule has 2 aromatic rings. The first-order valence-corrected chi connectivity index (χ1v) is 11.1. The highest BCUT2D eigenvalue weighted by molar-refractivity contribution is 14.1. The second-order valence-corrected chi connectivity index (χ2v) is 7.84. The lowest BCUT2D eigenvalue weighted by Gasteiger charge is -2.19. The van der Waals surface area contributed by atoms with Gasteiger partial charge < -0.3 is 15.2 Å². The van der Waals surface area contributed by atoms with Crippen LogP contribution in [0.15, 0.2) is 48.5 Å². The number of rotatable bonds is 7. The molecule has 10 heteroatoms. The molecule has 2 aromatic carbocycles. The third kappa shape index (κ3) is 8.04. The van der Waals surface area contributed by atoms with Crippen LogP contribution in [0.1, 0.15) is 11.1 Å². The maximum Gasteiger partial charge on any atom is 0.408 e. The zero-order valence-corrected chi connectivity index (χ0v) is 19.5. The molecule has 0 saturated carbocycles. The highest BCUT2D eigenvalue weighted by Gasteiger charge is 2.23. The summed E-state index contributed by atoms with van der Waals surface area (Å²) < 4.78 is 5.96. The predicted octanol–water partition coefficient (Wildman–Crippen LogP) is 2.42. The molecule has 0 heterocycles. The van der Waals surface area contributed by atoms with Crippen molar-refractivity contribution < 1.29 is 24.2 Å². The molecule has 2 rings (SSSR count). The van der Waals surface area contributed by atoms with E-state index in [9.17, 15) is 19.5 Å². The van der Waals surface area contributed by atoms with E-state index in [4.69, 9.17) is 4.74 Å². The number of benzene rings is 2. The number of aromatic hydroxyl groups is 1. The van der Waals surface area contributed by atoms with E-state index < -0.39 is 18.0 Å². The van der Waals surface area contributed by atoms with Crippen molar-refractivity contribution in [3.05, 3.63) is 63.2 Å². The number of nitrogens with one attached hydrogen (secondary N) is 3. The number of alkyl halides is 1. The van der Waals surface area contributed by atoms with Crippen molar-refractivity contribution >= 4 is 63.1 Å². The number of phenolic OH excluding ortho intramolecular Hbond substituents is 1. The number of halogens is 2. The van der Waals surface area contributed by atoms with Crippen molar-refractivity contribution in [1.82, 2.24) is 16.2 Å². The van der Waals surface area contributed by atoms with Crippen molar-refractivity contribution in [2.45, 2.75) is 19.1 Å². The number of amides is 3. The van der Waals surface area contributed by atoms with Gasteiger partial charge in [0.05, 0.1) is 8.00 Å². The molecule has 0 aliphatic rings. The molecule has 0 aromatic heterocycles. The fourth-order valence-electron chi connectivity index (χ4n) is 2.28. The molecule has 154 valence electrons. The summed E-state index contributed by atoms with van der Waals surface area (Å²) in [7, 11) is 0. The van der Waals surface area contributed by atoms with Gasteiger partial charge in [-0.2, -0.15) is 0 Å². The molecular weight excluding hydrogens is 604 g/mol. The van der Waals surface area contributed by atoms with E-state index in [0.717, 1.165) is 11.1 Å². The lowest BCUT2D eigenvalue weighted by molar-refractivity contribution is -0.128. The van der Waals surface area contributed by atoms with Crippen molar-refractivity contribution in [2.24, 2.45) is 0 Å². The number of alkyl carbamates (subject to hydrolysis) is 1. The minimum absolute atomic E-state index is 0.0592. The molecule has 3 amide bonds. The number of phenols is 1. The molecule has 4 N–H and O–H groups in total. The monoisotopic (exact) mass is 623 g/mol. The van der Waals surface area contributed by atoms with Crippen LogP contribution in [-0.2, 0) is 27.4 Å². The van der Waals surface area contributed by atoms with Crippen molar-refractivity contribution in [3.63, 3.8) is 0 Å². The second-order valence-electron chi connectivity index (χ2n) is 5.92. The molecule has 8 nitrogen and oxygen atoms in total. The highest BCUT2D eigenvalue weighted by Crippen LogP contribution is 2.21. The number of hydrazine groups is 1.